The highest BCUT2D eigenvalue weighted by Crippen LogP contribution is 2.25. The van der Waals surface area contributed by atoms with E-state index in [1.165, 1.54) is 11.8 Å². The van der Waals surface area contributed by atoms with Gasteiger partial charge in [0.15, 0.2) is 28.9 Å². The van der Waals surface area contributed by atoms with Gasteiger partial charge in [-0.3, -0.25) is 19.2 Å². The van der Waals surface area contributed by atoms with Crippen molar-refractivity contribution in [3.05, 3.63) is 178 Å². The predicted octanol–water partition coefficient (Wildman–Crippen LogP) is 9.15. The van der Waals surface area contributed by atoms with E-state index in [-0.39, 0.29) is 35.8 Å². The van der Waals surface area contributed by atoms with Crippen LogP contribution in [0, 0.1) is 44.0 Å². The van der Waals surface area contributed by atoms with Crippen LogP contribution in [0.4, 0.5) is 17.6 Å². The quantitative estimate of drug-likeness (QED) is 0.0751. The molecule has 2 aromatic heterocycles. The van der Waals surface area contributed by atoms with Crippen molar-refractivity contribution in [3.8, 4) is 34.4 Å². The molecule has 0 fully saturated rings. The molecule has 13 nitrogen and oxygen atoms in total. The summed E-state index contributed by atoms with van der Waals surface area (Å²) >= 11 is 10.0. The molecule has 0 unspecified atom stereocenters. The van der Waals surface area contributed by atoms with Crippen LogP contribution in [0.3, 0.4) is 0 Å². The predicted molar refractivity (Wildman–Crippen MR) is 235 cm³/mol. The Morgan fingerprint density at radius 2 is 1.11 bits per heavy atom. The highest BCUT2D eigenvalue weighted by atomic mass is 35.5. The van der Waals surface area contributed by atoms with Crippen LogP contribution in [0.15, 0.2) is 125 Å². The Hall–Kier alpha value is -7.50. The summed E-state index contributed by atoms with van der Waals surface area (Å²) in [5.74, 6) is -7.52. The Kier molecular flexibility index (Phi) is 20.4. The summed E-state index contributed by atoms with van der Waals surface area (Å²) < 4.78 is 68.7. The molecule has 0 aliphatic heterocycles. The molecule has 0 aliphatic rings. The number of oxazole rings is 2. The number of aryl methyl sites for hydroxylation is 3. The second-order valence-corrected chi connectivity index (χ2v) is 13.8. The molecule has 0 spiro atoms. The lowest BCUT2D eigenvalue weighted by atomic mass is 10.1. The van der Waals surface area contributed by atoms with E-state index in [9.17, 15) is 36.7 Å². The molecule has 7 rings (SSSR count). The number of carbonyl (C=O) groups is 4. The highest BCUT2D eigenvalue weighted by molar-refractivity contribution is 6.35. The number of nitrogens with zero attached hydrogens (tertiary/aromatic N) is 2. The number of amides is 3. The van der Waals surface area contributed by atoms with Gasteiger partial charge in [0.1, 0.15) is 47.6 Å². The molecule has 0 saturated heterocycles. The van der Waals surface area contributed by atoms with E-state index in [0.717, 1.165) is 46.5 Å². The van der Waals surface area contributed by atoms with E-state index in [1.54, 1.807) is 24.6 Å². The monoisotopic (exact) mass is 937 g/mol. The zero-order chi connectivity index (χ0) is 48.2. The van der Waals surface area contributed by atoms with Gasteiger partial charge in [0.05, 0.1) is 18.0 Å². The molecule has 340 valence electrons. The molecule has 7 aromatic rings. The van der Waals surface area contributed by atoms with Crippen LogP contribution >= 0.6 is 23.2 Å². The van der Waals surface area contributed by atoms with Crippen LogP contribution in [-0.4, -0.2) is 50.3 Å². The third kappa shape index (κ3) is 16.3. The lowest BCUT2D eigenvalue weighted by molar-refractivity contribution is -0.114. The van der Waals surface area contributed by atoms with Gasteiger partial charge in [0.25, 0.3) is 11.8 Å². The van der Waals surface area contributed by atoms with Crippen molar-refractivity contribution in [2.75, 3.05) is 11.8 Å². The summed E-state index contributed by atoms with van der Waals surface area (Å²) in [7, 11) is 0. The van der Waals surface area contributed by atoms with Crippen molar-refractivity contribution in [1.29, 1.82) is 0 Å². The van der Waals surface area contributed by atoms with E-state index in [0.29, 0.717) is 23.0 Å². The maximum Gasteiger partial charge on any atom is 0.254 e. The fraction of sp³-hybridized carbons (Fsp3) is 0.130. The van der Waals surface area contributed by atoms with Crippen molar-refractivity contribution in [3.63, 3.8) is 0 Å². The average Bonchev–Trinajstić information content (AvgIpc) is 4.00. The van der Waals surface area contributed by atoms with Crippen molar-refractivity contribution in [2.45, 2.75) is 27.4 Å². The number of halogens is 6. The van der Waals surface area contributed by atoms with Gasteiger partial charge in [-0.25, -0.2) is 27.5 Å². The number of hydrogen-bond donors (Lipinski definition) is 4. The number of phenols is 1. The molecule has 3 amide bonds. The molecular formula is C46H41Cl2F4N5O8. The Morgan fingerprint density at radius 3 is 1.54 bits per heavy atom. The second kappa shape index (κ2) is 25.6. The molecule has 7 N–H and O–H groups in total. The Bertz CT molecular complexity index is 2660. The van der Waals surface area contributed by atoms with Gasteiger partial charge in [-0.2, -0.15) is 0 Å². The zero-order valence-corrected chi connectivity index (χ0v) is 36.3. The normalized spacial score (nSPS) is 9.98. The first-order valence-corrected chi connectivity index (χ1v) is 19.8. The molecule has 0 saturated carbocycles. The number of rotatable bonds is 10. The fourth-order valence-corrected chi connectivity index (χ4v) is 5.09. The van der Waals surface area contributed by atoms with Crippen molar-refractivity contribution in [2.24, 2.45) is 17.2 Å². The van der Waals surface area contributed by atoms with E-state index < -0.39 is 52.0 Å². The Balaban J connectivity index is 0.000000237. The van der Waals surface area contributed by atoms with E-state index in [2.05, 4.69) is 22.6 Å². The first-order chi connectivity index (χ1) is 30.9. The largest absolute Gasteiger partial charge is 0.505 e. The molecule has 0 atom stereocenters. The van der Waals surface area contributed by atoms with Crippen LogP contribution in [-0.2, 0) is 11.4 Å². The number of Topliss-reactive ketones (excluding diaryl/α,β-unsaturated/α-hetero) is 1. The molecule has 2 heterocycles. The third-order valence-corrected chi connectivity index (χ3v) is 8.81. The number of benzene rings is 5. The van der Waals surface area contributed by atoms with Gasteiger partial charge in [-0.05, 0) is 81.4 Å². The van der Waals surface area contributed by atoms with Gasteiger partial charge < -0.3 is 35.9 Å². The van der Waals surface area contributed by atoms with Gasteiger partial charge in [0.2, 0.25) is 17.7 Å². The minimum absolute atomic E-state index is 0.0312. The molecule has 5 aromatic carbocycles. The van der Waals surface area contributed by atoms with E-state index >= 15 is 0 Å². The standard InChI is InChI=1S/C18H14F2N2O3.C10H9NO.C8H9NO.C7H5F2NO2.C3H4Cl2O/c1-10-2-4-11(5-3-10)18-22-12(9-25-18)8-24-14-7-6-13(19)15(16(14)20)17(21)23;1-8-2-4-9(5-3-8)10-11-6-7-12-10;1-6-2-4-7(5-3-6)8(9)10;8-3-1-2-4(11)6(9)5(3)7(10)12;4-1-3(6)2-5/h2-7,9H,8H2,1H3,(H2,21,23);2-7H,1H3;2-5H,1H3,(H2,9,10);1-2,11H,(H2,10,12);1-2H2. The summed E-state index contributed by atoms with van der Waals surface area (Å²) in [5, 5.41) is 8.72. The van der Waals surface area contributed by atoms with E-state index in [1.807, 2.05) is 74.5 Å². The van der Waals surface area contributed by atoms with Crippen LogP contribution in [0.1, 0.15) is 53.5 Å². The number of ether oxygens (including phenoxy) is 1. The SMILES string of the molecule is Cc1ccc(-c2nc(COc3ccc(F)c(C(N)=O)c3F)co2)cc1.Cc1ccc(-c2ncco2)cc1.Cc1ccc(C(N)=O)cc1.NC(=O)c1c(F)ccc(O)c1F.O=C(CCl)CCl. The molecular weight excluding hydrogens is 897 g/mol. The van der Waals surface area contributed by atoms with Crippen LogP contribution in [0.2, 0.25) is 0 Å². The summed E-state index contributed by atoms with van der Waals surface area (Å²) in [5.41, 5.74) is 19.2. The van der Waals surface area contributed by atoms with Gasteiger partial charge in [0, 0.05) is 16.7 Å². The first kappa shape index (κ1) is 51.8. The molecule has 0 bridgehead atoms. The number of aromatic nitrogens is 2. The van der Waals surface area contributed by atoms with Gasteiger partial charge in [-0.1, -0.05) is 53.1 Å². The van der Waals surface area contributed by atoms with Crippen LogP contribution in [0.25, 0.3) is 22.9 Å². The lowest BCUT2D eigenvalue weighted by Gasteiger charge is -2.08. The first-order valence-electron chi connectivity index (χ1n) is 18.7. The summed E-state index contributed by atoms with van der Waals surface area (Å²) in [6.07, 6.45) is 4.61. The number of aromatic hydroxyl groups is 1. The number of carbonyl (C=O) groups excluding carboxylic acids is 4. The summed E-state index contributed by atoms with van der Waals surface area (Å²) in [6.45, 7) is 5.87. The summed E-state index contributed by atoms with van der Waals surface area (Å²) in [4.78, 5) is 50.3. The van der Waals surface area contributed by atoms with Crippen molar-refractivity contribution >= 4 is 46.7 Å². The Labute approximate surface area is 379 Å². The number of primary amides is 3. The number of phenolic OH excluding ortho intramolecular Hbond substituents is 1. The number of nitrogens with two attached hydrogens (primary N) is 3. The smallest absolute Gasteiger partial charge is 0.254 e. The second-order valence-electron chi connectivity index (χ2n) is 13.3. The topological polar surface area (TPSA) is 228 Å². The van der Waals surface area contributed by atoms with E-state index in [4.69, 9.17) is 53.3 Å². The number of alkyl halides is 2. The summed E-state index contributed by atoms with van der Waals surface area (Å²) in [6, 6.07) is 26.4. The molecule has 19 heteroatoms. The van der Waals surface area contributed by atoms with Gasteiger partial charge >= 0.3 is 0 Å². The molecule has 65 heavy (non-hydrogen) atoms. The minimum atomic E-state index is -1.33. The van der Waals surface area contributed by atoms with Crippen molar-refractivity contribution < 1.29 is 55.4 Å². The number of ketones is 1. The van der Waals surface area contributed by atoms with Gasteiger partial charge in [-0.15, -0.1) is 23.2 Å². The fourth-order valence-electron chi connectivity index (χ4n) is 4.81. The third-order valence-electron chi connectivity index (χ3n) is 8.21. The Morgan fingerprint density at radius 1 is 0.631 bits per heavy atom. The lowest BCUT2D eigenvalue weighted by Crippen LogP contribution is -2.16. The highest BCUT2D eigenvalue weighted by Gasteiger charge is 2.20. The van der Waals surface area contributed by atoms with Crippen LogP contribution in [0.5, 0.6) is 11.5 Å². The molecule has 0 aliphatic carbocycles. The minimum Gasteiger partial charge on any atom is -0.505 e. The average molecular weight is 939 g/mol. The zero-order valence-electron chi connectivity index (χ0n) is 34.8. The van der Waals surface area contributed by atoms with Crippen molar-refractivity contribution in [1.82, 2.24) is 9.97 Å². The maximum atomic E-state index is 14.1. The van der Waals surface area contributed by atoms with Crippen LogP contribution < -0.4 is 21.9 Å². The number of hydrogen-bond acceptors (Lipinski definition) is 10. The maximum absolute atomic E-state index is 14.1. The molecule has 0 radical (unpaired) electrons.